The molecule has 0 spiro atoms. The van der Waals surface area contributed by atoms with Gasteiger partial charge in [-0.05, 0) is 36.6 Å². The summed E-state index contributed by atoms with van der Waals surface area (Å²) in [6.45, 7) is 0.934. The highest BCUT2D eigenvalue weighted by Gasteiger charge is 2.31. The third-order valence-corrected chi connectivity index (χ3v) is 6.97. The van der Waals surface area contributed by atoms with Crippen molar-refractivity contribution in [2.45, 2.75) is 25.1 Å². The van der Waals surface area contributed by atoms with E-state index >= 15 is 0 Å². The van der Waals surface area contributed by atoms with Gasteiger partial charge < -0.3 is 10.1 Å². The highest BCUT2D eigenvalue weighted by Crippen LogP contribution is 2.23. The molecule has 1 N–H and O–H groups in total. The van der Waals surface area contributed by atoms with E-state index in [1.807, 2.05) is 24.3 Å². The zero-order valence-corrected chi connectivity index (χ0v) is 17.1. The maximum Gasteiger partial charge on any atom is 0.223 e. The Morgan fingerprint density at radius 2 is 1.79 bits per heavy atom. The van der Waals surface area contributed by atoms with E-state index in [0.717, 1.165) is 11.3 Å². The van der Waals surface area contributed by atoms with E-state index < -0.39 is 15.8 Å². The molecular weight excluding hydrogens is 395 g/mol. The van der Waals surface area contributed by atoms with E-state index in [0.29, 0.717) is 19.4 Å². The minimum Gasteiger partial charge on any atom is -0.497 e. The number of nitrogens with zero attached hydrogens (tertiary/aromatic N) is 1. The zero-order valence-electron chi connectivity index (χ0n) is 16.3. The average Bonchev–Trinajstić information content (AvgIpc) is 2.74. The number of hydrogen-bond donors (Lipinski definition) is 1. The second-order valence-electron chi connectivity index (χ2n) is 7.09. The summed E-state index contributed by atoms with van der Waals surface area (Å²) in [6, 6.07) is 13.3. The molecule has 0 saturated carbocycles. The molecule has 0 aliphatic carbocycles. The fourth-order valence-corrected chi connectivity index (χ4v) is 4.95. The van der Waals surface area contributed by atoms with E-state index in [1.165, 1.54) is 22.5 Å². The average molecular weight is 421 g/mol. The van der Waals surface area contributed by atoms with Gasteiger partial charge in [0.05, 0.1) is 12.9 Å². The first-order valence-electron chi connectivity index (χ1n) is 9.51. The van der Waals surface area contributed by atoms with Crippen LogP contribution in [0.3, 0.4) is 0 Å². The number of sulfonamides is 1. The number of nitrogens with one attached hydrogen (secondary N) is 1. The van der Waals surface area contributed by atoms with Crippen LogP contribution in [0.2, 0.25) is 0 Å². The molecule has 1 heterocycles. The number of piperidine rings is 1. The van der Waals surface area contributed by atoms with Crippen LogP contribution in [0.15, 0.2) is 48.5 Å². The van der Waals surface area contributed by atoms with Gasteiger partial charge in [0.2, 0.25) is 15.9 Å². The first-order chi connectivity index (χ1) is 13.9. The van der Waals surface area contributed by atoms with Gasteiger partial charge in [-0.3, -0.25) is 4.79 Å². The summed E-state index contributed by atoms with van der Waals surface area (Å²) in [7, 11) is -2.02. The van der Waals surface area contributed by atoms with Crippen molar-refractivity contribution in [1.82, 2.24) is 9.62 Å². The highest BCUT2D eigenvalue weighted by atomic mass is 32.2. The maximum atomic E-state index is 13.8. The quantitative estimate of drug-likeness (QED) is 0.747. The molecule has 0 aromatic heterocycles. The number of carbonyl (C=O) groups excluding carboxylic acids is 1. The van der Waals surface area contributed by atoms with Crippen LogP contribution in [0.1, 0.15) is 24.0 Å². The molecule has 8 heteroatoms. The SMILES string of the molecule is COc1ccc(CNC(=O)C2CCN(S(=O)(=O)Cc3ccccc3F)CC2)cc1. The smallest absolute Gasteiger partial charge is 0.223 e. The molecule has 0 unspecified atom stereocenters. The lowest BCUT2D eigenvalue weighted by Crippen LogP contribution is -2.43. The summed E-state index contributed by atoms with van der Waals surface area (Å²) in [5, 5.41) is 2.91. The van der Waals surface area contributed by atoms with Crippen molar-refractivity contribution in [2.75, 3.05) is 20.2 Å². The molecule has 3 rings (SSSR count). The predicted octanol–water partition coefficient (Wildman–Crippen LogP) is 2.69. The number of hydrogen-bond acceptors (Lipinski definition) is 4. The molecule has 1 amide bonds. The first-order valence-corrected chi connectivity index (χ1v) is 11.1. The van der Waals surface area contributed by atoms with Gasteiger partial charge in [0.15, 0.2) is 0 Å². The lowest BCUT2D eigenvalue weighted by molar-refractivity contribution is -0.126. The maximum absolute atomic E-state index is 13.8. The minimum absolute atomic E-state index is 0.0769. The molecule has 0 atom stereocenters. The van der Waals surface area contributed by atoms with Crippen LogP contribution in [-0.4, -0.2) is 38.8 Å². The molecule has 156 valence electrons. The van der Waals surface area contributed by atoms with Crippen LogP contribution < -0.4 is 10.1 Å². The van der Waals surface area contributed by atoms with Crippen LogP contribution in [0.4, 0.5) is 4.39 Å². The third-order valence-electron chi connectivity index (χ3n) is 5.14. The first kappa shape index (κ1) is 21.3. The number of benzene rings is 2. The minimum atomic E-state index is -3.62. The number of halogens is 1. The van der Waals surface area contributed by atoms with Crippen LogP contribution in [0.5, 0.6) is 5.75 Å². The molecule has 1 aliphatic rings. The third kappa shape index (κ3) is 5.55. The number of methoxy groups -OCH3 is 1. The van der Waals surface area contributed by atoms with E-state index in [4.69, 9.17) is 4.74 Å². The highest BCUT2D eigenvalue weighted by molar-refractivity contribution is 7.88. The fraction of sp³-hybridized carbons (Fsp3) is 0.381. The lowest BCUT2D eigenvalue weighted by atomic mass is 9.97. The van der Waals surface area contributed by atoms with Gasteiger partial charge in [-0.1, -0.05) is 30.3 Å². The van der Waals surface area contributed by atoms with Crippen molar-refractivity contribution in [3.05, 3.63) is 65.5 Å². The van der Waals surface area contributed by atoms with Gasteiger partial charge in [0, 0.05) is 31.1 Å². The van der Waals surface area contributed by atoms with Gasteiger partial charge in [0.25, 0.3) is 0 Å². The largest absolute Gasteiger partial charge is 0.497 e. The van der Waals surface area contributed by atoms with E-state index in [9.17, 15) is 17.6 Å². The second kappa shape index (κ2) is 9.37. The molecule has 1 fully saturated rings. The Hall–Kier alpha value is -2.45. The Labute approximate surface area is 170 Å². The van der Waals surface area contributed by atoms with Gasteiger partial charge in [-0.2, -0.15) is 0 Å². The molecule has 1 saturated heterocycles. The molecule has 0 bridgehead atoms. The summed E-state index contributed by atoms with van der Waals surface area (Å²) < 4.78 is 45.4. The molecular formula is C21H25FN2O4S. The summed E-state index contributed by atoms with van der Waals surface area (Å²) >= 11 is 0. The second-order valence-corrected chi connectivity index (χ2v) is 9.06. The fourth-order valence-electron chi connectivity index (χ4n) is 3.38. The Morgan fingerprint density at radius 3 is 2.41 bits per heavy atom. The monoisotopic (exact) mass is 420 g/mol. The topological polar surface area (TPSA) is 75.7 Å². The summed E-state index contributed by atoms with van der Waals surface area (Å²) in [4.78, 5) is 12.4. The molecule has 6 nitrogen and oxygen atoms in total. The number of rotatable bonds is 7. The van der Waals surface area contributed by atoms with E-state index in [1.54, 1.807) is 13.2 Å². The van der Waals surface area contributed by atoms with Crippen LogP contribution in [0, 0.1) is 11.7 Å². The van der Waals surface area contributed by atoms with Gasteiger partial charge in [-0.15, -0.1) is 0 Å². The van der Waals surface area contributed by atoms with Gasteiger partial charge >= 0.3 is 0 Å². The Balaban J connectivity index is 1.50. The molecule has 2 aromatic carbocycles. The number of amides is 1. The lowest BCUT2D eigenvalue weighted by Gasteiger charge is -2.30. The number of ether oxygens (including phenoxy) is 1. The van der Waals surface area contributed by atoms with Crippen molar-refractivity contribution in [3.8, 4) is 5.75 Å². The van der Waals surface area contributed by atoms with Crippen molar-refractivity contribution < 1.29 is 22.3 Å². The molecule has 2 aromatic rings. The zero-order chi connectivity index (χ0) is 20.9. The molecule has 29 heavy (non-hydrogen) atoms. The standard InChI is InChI=1S/C21H25FN2O4S/c1-28-19-8-6-16(7-9-19)14-23-21(25)17-10-12-24(13-11-17)29(26,27)15-18-4-2-3-5-20(18)22/h2-9,17H,10-15H2,1H3,(H,23,25). The Morgan fingerprint density at radius 1 is 1.14 bits per heavy atom. The van der Waals surface area contributed by atoms with E-state index in [-0.39, 0.29) is 36.2 Å². The van der Waals surface area contributed by atoms with Crippen molar-refractivity contribution >= 4 is 15.9 Å². The molecule has 1 aliphatic heterocycles. The van der Waals surface area contributed by atoms with E-state index in [2.05, 4.69) is 5.32 Å². The number of carbonyl (C=O) groups is 1. The van der Waals surface area contributed by atoms with Crippen LogP contribution in [0.25, 0.3) is 0 Å². The summed E-state index contributed by atoms with van der Waals surface area (Å²) in [6.07, 6.45) is 0.899. The summed E-state index contributed by atoms with van der Waals surface area (Å²) in [5.41, 5.74) is 1.12. The van der Waals surface area contributed by atoms with Crippen molar-refractivity contribution in [2.24, 2.45) is 5.92 Å². The Kier molecular flexibility index (Phi) is 6.87. The van der Waals surface area contributed by atoms with Crippen molar-refractivity contribution in [1.29, 1.82) is 0 Å². The van der Waals surface area contributed by atoms with Crippen LogP contribution in [-0.2, 0) is 27.1 Å². The van der Waals surface area contributed by atoms with Crippen molar-refractivity contribution in [3.63, 3.8) is 0 Å². The summed E-state index contributed by atoms with van der Waals surface area (Å²) in [5.74, 6) is -0.443. The van der Waals surface area contributed by atoms with Gasteiger partial charge in [0.1, 0.15) is 11.6 Å². The predicted molar refractivity (Wildman–Crippen MR) is 108 cm³/mol. The van der Waals surface area contributed by atoms with Crippen LogP contribution >= 0.6 is 0 Å². The molecule has 0 radical (unpaired) electrons. The normalized spacial score (nSPS) is 15.8. The Bertz CT molecular complexity index is 939. The van der Waals surface area contributed by atoms with Gasteiger partial charge in [-0.25, -0.2) is 17.1 Å².